The summed E-state index contributed by atoms with van der Waals surface area (Å²) in [6.45, 7) is 6.29. The average Bonchev–Trinajstić information content (AvgIpc) is 3.21. The van der Waals surface area contributed by atoms with Gasteiger partial charge in [-0.2, -0.15) is 5.10 Å². The molecule has 0 saturated heterocycles. The molecule has 0 radical (unpaired) electrons. The zero-order chi connectivity index (χ0) is 19.2. The maximum absolute atomic E-state index is 5.32. The lowest BCUT2D eigenvalue weighted by Crippen LogP contribution is -2.25. The quantitative estimate of drug-likeness (QED) is 0.384. The maximum Gasteiger partial charge on any atom is 0.191 e. The Morgan fingerprint density at radius 3 is 2.37 bits per heavy atom. The first kappa shape index (κ1) is 18.8. The van der Waals surface area contributed by atoms with Crippen molar-refractivity contribution in [1.82, 2.24) is 15.0 Å². The Kier molecular flexibility index (Phi) is 5.98. The molecule has 0 unspecified atom stereocenters. The first-order valence-corrected chi connectivity index (χ1v) is 9.24. The van der Waals surface area contributed by atoms with Gasteiger partial charge in [0.25, 0.3) is 0 Å². The van der Waals surface area contributed by atoms with E-state index in [4.69, 9.17) is 12.2 Å². The molecule has 27 heavy (non-hydrogen) atoms. The molecule has 6 heteroatoms. The number of aromatic nitrogens is 2. The first-order valence-electron chi connectivity index (χ1n) is 8.83. The highest BCUT2D eigenvalue weighted by Crippen LogP contribution is 2.17. The number of hydrazone groups is 1. The van der Waals surface area contributed by atoms with E-state index in [9.17, 15) is 0 Å². The van der Waals surface area contributed by atoms with Gasteiger partial charge in [0.05, 0.1) is 12.0 Å². The number of rotatable bonds is 5. The molecule has 3 rings (SSSR count). The van der Waals surface area contributed by atoms with Gasteiger partial charge in [0.1, 0.15) is 0 Å². The lowest BCUT2D eigenvalue weighted by molar-refractivity contribution is 0.867. The Morgan fingerprint density at radius 2 is 1.78 bits per heavy atom. The van der Waals surface area contributed by atoms with Crippen molar-refractivity contribution in [2.24, 2.45) is 5.10 Å². The minimum absolute atomic E-state index is 0.460. The molecule has 1 heterocycles. The SMILES string of the molecule is C/C(=N\NC(=S)Nc1ccc(C(C)C)cc1)c1ccc(-n2ccnc2)cc1. The number of nitrogens with zero attached hydrogens (tertiary/aromatic N) is 3. The molecule has 3 aromatic rings. The molecule has 0 aliphatic rings. The fraction of sp³-hybridized carbons (Fsp3) is 0.190. The van der Waals surface area contributed by atoms with E-state index in [1.165, 1.54) is 5.56 Å². The van der Waals surface area contributed by atoms with Crippen LogP contribution in [0.2, 0.25) is 0 Å². The molecule has 0 saturated carbocycles. The van der Waals surface area contributed by atoms with Crippen LogP contribution in [0.3, 0.4) is 0 Å². The molecule has 1 aromatic heterocycles. The predicted molar refractivity (Wildman–Crippen MR) is 116 cm³/mol. The summed E-state index contributed by atoms with van der Waals surface area (Å²) in [5.41, 5.74) is 8.07. The van der Waals surface area contributed by atoms with Gasteiger partial charge in [0.15, 0.2) is 5.11 Å². The van der Waals surface area contributed by atoms with Crippen LogP contribution in [-0.2, 0) is 0 Å². The van der Waals surface area contributed by atoms with Gasteiger partial charge in [-0.3, -0.25) is 5.43 Å². The van der Waals surface area contributed by atoms with Crippen molar-refractivity contribution in [3.05, 3.63) is 78.4 Å². The van der Waals surface area contributed by atoms with Gasteiger partial charge in [-0.1, -0.05) is 38.1 Å². The molecule has 138 valence electrons. The monoisotopic (exact) mass is 377 g/mol. The number of thiocarbonyl (C=S) groups is 1. The van der Waals surface area contributed by atoms with E-state index in [0.29, 0.717) is 11.0 Å². The fourth-order valence-electron chi connectivity index (χ4n) is 2.60. The van der Waals surface area contributed by atoms with Gasteiger partial charge in [-0.05, 0) is 60.5 Å². The number of benzene rings is 2. The molecule has 0 fully saturated rings. The van der Waals surface area contributed by atoms with Gasteiger partial charge in [-0.15, -0.1) is 0 Å². The number of nitrogens with one attached hydrogen (secondary N) is 2. The minimum atomic E-state index is 0.460. The Balaban J connectivity index is 1.58. The van der Waals surface area contributed by atoms with Crippen molar-refractivity contribution in [2.45, 2.75) is 26.7 Å². The van der Waals surface area contributed by atoms with Crippen molar-refractivity contribution in [2.75, 3.05) is 5.32 Å². The van der Waals surface area contributed by atoms with E-state index >= 15 is 0 Å². The number of imidazole rings is 1. The molecule has 0 spiro atoms. The van der Waals surface area contributed by atoms with E-state index in [-0.39, 0.29) is 0 Å². The maximum atomic E-state index is 5.32. The summed E-state index contributed by atoms with van der Waals surface area (Å²) in [6.07, 6.45) is 5.44. The second-order valence-corrected chi connectivity index (χ2v) is 6.96. The van der Waals surface area contributed by atoms with Crippen molar-refractivity contribution in [1.29, 1.82) is 0 Å². The smallest absolute Gasteiger partial charge is 0.191 e. The van der Waals surface area contributed by atoms with E-state index in [1.807, 2.05) is 54.1 Å². The molecular formula is C21H23N5S. The molecule has 0 aliphatic carbocycles. The van der Waals surface area contributed by atoms with Crippen LogP contribution in [0.4, 0.5) is 5.69 Å². The first-order chi connectivity index (χ1) is 13.0. The fourth-order valence-corrected chi connectivity index (χ4v) is 2.76. The van der Waals surface area contributed by atoms with Crippen LogP contribution in [-0.4, -0.2) is 20.4 Å². The lowest BCUT2D eigenvalue weighted by atomic mass is 10.0. The van der Waals surface area contributed by atoms with Gasteiger partial charge >= 0.3 is 0 Å². The summed E-state index contributed by atoms with van der Waals surface area (Å²) in [6, 6.07) is 16.4. The Bertz CT molecular complexity index is 910. The lowest BCUT2D eigenvalue weighted by Gasteiger charge is -2.10. The second-order valence-electron chi connectivity index (χ2n) is 6.56. The summed E-state index contributed by atoms with van der Waals surface area (Å²) in [4.78, 5) is 4.06. The Labute approximate surface area is 165 Å². The topological polar surface area (TPSA) is 54.2 Å². The summed E-state index contributed by atoms with van der Waals surface area (Å²) in [5.74, 6) is 0.511. The van der Waals surface area contributed by atoms with E-state index in [1.54, 1.807) is 12.5 Å². The second kappa shape index (κ2) is 8.60. The van der Waals surface area contributed by atoms with Crippen molar-refractivity contribution in [3.8, 4) is 5.69 Å². The van der Waals surface area contributed by atoms with Crippen LogP contribution in [0.5, 0.6) is 0 Å². The number of hydrogen-bond acceptors (Lipinski definition) is 3. The third kappa shape index (κ3) is 5.01. The molecular weight excluding hydrogens is 354 g/mol. The van der Waals surface area contributed by atoms with Gasteiger partial charge in [0, 0.05) is 23.8 Å². The summed E-state index contributed by atoms with van der Waals surface area (Å²) in [7, 11) is 0. The van der Waals surface area contributed by atoms with E-state index in [2.05, 4.69) is 46.8 Å². The van der Waals surface area contributed by atoms with Crippen molar-refractivity contribution in [3.63, 3.8) is 0 Å². The molecule has 2 N–H and O–H groups in total. The predicted octanol–water partition coefficient (Wildman–Crippen LogP) is 4.71. The Morgan fingerprint density at radius 1 is 1.07 bits per heavy atom. The highest BCUT2D eigenvalue weighted by Gasteiger charge is 2.02. The summed E-state index contributed by atoms with van der Waals surface area (Å²) >= 11 is 5.32. The summed E-state index contributed by atoms with van der Waals surface area (Å²) in [5, 5.41) is 7.98. The zero-order valence-corrected chi connectivity index (χ0v) is 16.5. The standard InChI is InChI=1S/C21H23N5S/c1-15(2)17-4-8-19(9-5-17)23-21(27)25-24-16(3)18-6-10-20(11-7-18)26-13-12-22-14-26/h4-15H,1-3H3,(H2,23,25,27)/b24-16+. The molecule has 0 amide bonds. The van der Waals surface area contributed by atoms with Gasteiger partial charge in [0.2, 0.25) is 0 Å². The molecule has 0 bridgehead atoms. The average molecular weight is 378 g/mol. The van der Waals surface area contributed by atoms with Gasteiger partial charge in [-0.25, -0.2) is 4.98 Å². The van der Waals surface area contributed by atoms with Crippen molar-refractivity contribution >= 4 is 28.7 Å². The third-order valence-electron chi connectivity index (χ3n) is 4.25. The van der Waals surface area contributed by atoms with Crippen LogP contribution in [0.1, 0.15) is 37.8 Å². The van der Waals surface area contributed by atoms with Crippen LogP contribution in [0.15, 0.2) is 72.4 Å². The highest BCUT2D eigenvalue weighted by molar-refractivity contribution is 7.80. The minimum Gasteiger partial charge on any atom is -0.331 e. The van der Waals surface area contributed by atoms with Crippen LogP contribution in [0.25, 0.3) is 5.69 Å². The molecule has 0 aliphatic heterocycles. The van der Waals surface area contributed by atoms with Gasteiger partial charge < -0.3 is 9.88 Å². The van der Waals surface area contributed by atoms with Crippen LogP contribution < -0.4 is 10.7 Å². The van der Waals surface area contributed by atoms with Crippen LogP contribution in [0, 0.1) is 0 Å². The van der Waals surface area contributed by atoms with Crippen molar-refractivity contribution < 1.29 is 0 Å². The number of anilines is 1. The number of hydrogen-bond donors (Lipinski definition) is 2. The van der Waals surface area contributed by atoms with E-state index < -0.39 is 0 Å². The molecule has 2 aromatic carbocycles. The third-order valence-corrected chi connectivity index (χ3v) is 4.44. The highest BCUT2D eigenvalue weighted by atomic mass is 32.1. The molecule has 0 atom stereocenters. The Hall–Kier alpha value is -2.99. The normalized spacial score (nSPS) is 11.5. The molecule has 5 nitrogen and oxygen atoms in total. The summed E-state index contributed by atoms with van der Waals surface area (Å²) < 4.78 is 1.96. The van der Waals surface area contributed by atoms with E-state index in [0.717, 1.165) is 22.6 Å². The van der Waals surface area contributed by atoms with Crippen LogP contribution >= 0.6 is 12.2 Å². The largest absolute Gasteiger partial charge is 0.331 e. The zero-order valence-electron chi connectivity index (χ0n) is 15.7.